The first-order chi connectivity index (χ1) is 9.16. The summed E-state index contributed by atoms with van der Waals surface area (Å²) in [6.45, 7) is 2.60. The zero-order valence-electron chi connectivity index (χ0n) is 11.1. The minimum atomic E-state index is -0.0925. The third kappa shape index (κ3) is 1.83. The molecule has 0 saturated heterocycles. The number of aromatic amines is 1. The molecule has 19 heavy (non-hydrogen) atoms. The molecule has 1 heterocycles. The van der Waals surface area contributed by atoms with Crippen LogP contribution in [0.4, 0.5) is 0 Å². The number of hydrogen-bond donors (Lipinski definition) is 2. The molecule has 0 aliphatic heterocycles. The minimum Gasteiger partial charge on any atom is -0.330 e. The molecule has 1 aliphatic rings. The average molecular weight is 257 g/mol. The van der Waals surface area contributed by atoms with Crippen molar-refractivity contribution >= 4 is 0 Å². The largest absolute Gasteiger partial charge is 0.330 e. The summed E-state index contributed by atoms with van der Waals surface area (Å²) in [6, 6.07) is 8.21. The molecular weight excluding hydrogens is 238 g/mol. The maximum atomic E-state index is 11.8. The number of rotatable bonds is 3. The van der Waals surface area contributed by atoms with Crippen molar-refractivity contribution in [2.45, 2.75) is 31.6 Å². The van der Waals surface area contributed by atoms with Gasteiger partial charge in [0.25, 0.3) is 0 Å². The fourth-order valence-electron chi connectivity index (χ4n) is 2.97. The van der Waals surface area contributed by atoms with E-state index in [-0.39, 0.29) is 11.1 Å². The Morgan fingerprint density at radius 1 is 1.42 bits per heavy atom. The molecule has 0 radical (unpaired) electrons. The smallest absolute Gasteiger partial charge is 0.330 e. The van der Waals surface area contributed by atoms with E-state index < -0.39 is 0 Å². The van der Waals surface area contributed by atoms with Gasteiger partial charge in [0.2, 0.25) is 0 Å². The molecule has 1 aromatic heterocycles. The van der Waals surface area contributed by atoms with E-state index in [1.807, 2.05) is 19.1 Å². The van der Waals surface area contributed by atoms with Gasteiger partial charge in [-0.2, -0.15) is 0 Å². The summed E-state index contributed by atoms with van der Waals surface area (Å²) < 4.78 is 1.70. The Morgan fingerprint density at radius 3 is 2.74 bits per heavy atom. The predicted molar refractivity (Wildman–Crippen MR) is 75.7 cm³/mol. The number of imidazole rings is 1. The maximum Gasteiger partial charge on any atom is 0.330 e. The topological polar surface area (TPSA) is 63.8 Å². The van der Waals surface area contributed by atoms with Crippen molar-refractivity contribution in [1.82, 2.24) is 9.55 Å². The molecule has 1 saturated carbocycles. The molecule has 0 unspecified atom stereocenters. The minimum absolute atomic E-state index is 0.0925. The van der Waals surface area contributed by atoms with Crippen LogP contribution in [0.1, 0.15) is 30.5 Å². The van der Waals surface area contributed by atoms with Gasteiger partial charge in [-0.15, -0.1) is 0 Å². The fourth-order valence-corrected chi connectivity index (χ4v) is 2.97. The van der Waals surface area contributed by atoms with Gasteiger partial charge in [0, 0.05) is 23.9 Å². The first-order valence-electron chi connectivity index (χ1n) is 6.74. The van der Waals surface area contributed by atoms with Crippen LogP contribution in [0.2, 0.25) is 0 Å². The van der Waals surface area contributed by atoms with Gasteiger partial charge in [0.1, 0.15) is 0 Å². The van der Waals surface area contributed by atoms with Crippen molar-refractivity contribution in [3.8, 4) is 5.69 Å². The molecular formula is C15H19N3O. The summed E-state index contributed by atoms with van der Waals surface area (Å²) in [5.74, 6) is 0. The van der Waals surface area contributed by atoms with Crippen molar-refractivity contribution < 1.29 is 0 Å². The third-order valence-corrected chi connectivity index (χ3v) is 4.38. The Hall–Kier alpha value is -1.81. The molecule has 0 bridgehead atoms. The highest BCUT2D eigenvalue weighted by Gasteiger charge is 2.37. The third-order valence-electron chi connectivity index (χ3n) is 4.38. The molecule has 0 spiro atoms. The molecule has 0 amide bonds. The van der Waals surface area contributed by atoms with E-state index >= 15 is 0 Å². The Kier molecular flexibility index (Phi) is 2.82. The molecule has 0 atom stereocenters. The lowest BCUT2D eigenvalue weighted by atomic mass is 9.64. The van der Waals surface area contributed by atoms with Crippen molar-refractivity contribution in [3.05, 3.63) is 52.2 Å². The Balaban J connectivity index is 2.08. The van der Waals surface area contributed by atoms with E-state index in [4.69, 9.17) is 5.73 Å². The lowest BCUT2D eigenvalue weighted by Gasteiger charge is -2.41. The first-order valence-corrected chi connectivity index (χ1v) is 6.74. The quantitative estimate of drug-likeness (QED) is 0.881. The maximum absolute atomic E-state index is 11.8. The van der Waals surface area contributed by atoms with Gasteiger partial charge in [-0.1, -0.05) is 18.6 Å². The molecule has 3 N–H and O–H groups in total. The van der Waals surface area contributed by atoms with E-state index in [0.717, 1.165) is 24.2 Å². The van der Waals surface area contributed by atoms with Gasteiger partial charge in [0.15, 0.2) is 0 Å². The number of nitrogens with one attached hydrogen (secondary N) is 1. The van der Waals surface area contributed by atoms with Crippen LogP contribution in [0.3, 0.4) is 0 Å². The van der Waals surface area contributed by atoms with E-state index in [1.165, 1.54) is 12.0 Å². The monoisotopic (exact) mass is 257 g/mol. The van der Waals surface area contributed by atoms with Crippen LogP contribution in [0.5, 0.6) is 0 Å². The van der Waals surface area contributed by atoms with Gasteiger partial charge >= 0.3 is 5.69 Å². The van der Waals surface area contributed by atoms with Crippen LogP contribution in [-0.2, 0) is 5.41 Å². The van der Waals surface area contributed by atoms with Crippen LogP contribution >= 0.6 is 0 Å². The van der Waals surface area contributed by atoms with Crippen LogP contribution < -0.4 is 11.4 Å². The second-order valence-electron chi connectivity index (χ2n) is 5.46. The zero-order chi connectivity index (χ0) is 13.5. The van der Waals surface area contributed by atoms with Crippen molar-refractivity contribution in [2.24, 2.45) is 5.73 Å². The summed E-state index contributed by atoms with van der Waals surface area (Å²) in [7, 11) is 0. The normalized spacial score (nSPS) is 17.2. The van der Waals surface area contributed by atoms with Gasteiger partial charge in [0.05, 0.1) is 5.69 Å². The lowest BCUT2D eigenvalue weighted by molar-refractivity contribution is 0.253. The second-order valence-corrected chi connectivity index (χ2v) is 5.46. The van der Waals surface area contributed by atoms with Crippen molar-refractivity contribution in [3.63, 3.8) is 0 Å². The number of nitrogens with two attached hydrogens (primary N) is 1. The number of aromatic nitrogens is 2. The molecule has 1 aromatic carbocycles. The Labute approximate surface area is 112 Å². The van der Waals surface area contributed by atoms with Crippen LogP contribution in [-0.4, -0.2) is 16.1 Å². The Bertz CT molecular complexity index is 644. The summed E-state index contributed by atoms with van der Waals surface area (Å²) in [4.78, 5) is 14.6. The SMILES string of the molecule is Cc1c[nH]c(=O)n1-c1cccc(C2(CN)CCC2)c1. The summed E-state index contributed by atoms with van der Waals surface area (Å²) in [5.41, 5.74) is 9.08. The van der Waals surface area contributed by atoms with E-state index in [1.54, 1.807) is 10.8 Å². The lowest BCUT2D eigenvalue weighted by Crippen LogP contribution is -2.41. The summed E-state index contributed by atoms with van der Waals surface area (Å²) in [6.07, 6.45) is 5.27. The Morgan fingerprint density at radius 2 is 2.21 bits per heavy atom. The van der Waals surface area contributed by atoms with Crippen molar-refractivity contribution in [2.75, 3.05) is 6.54 Å². The zero-order valence-corrected chi connectivity index (χ0v) is 11.1. The molecule has 4 heteroatoms. The molecule has 2 aromatic rings. The van der Waals surface area contributed by atoms with Crippen molar-refractivity contribution in [1.29, 1.82) is 0 Å². The molecule has 1 fully saturated rings. The molecule has 4 nitrogen and oxygen atoms in total. The highest BCUT2D eigenvalue weighted by atomic mass is 16.1. The first kappa shape index (κ1) is 12.2. The van der Waals surface area contributed by atoms with Gasteiger partial charge in [-0.05, 0) is 37.5 Å². The second kappa shape index (κ2) is 4.38. The highest BCUT2D eigenvalue weighted by molar-refractivity contribution is 5.41. The van der Waals surface area contributed by atoms with E-state index in [9.17, 15) is 4.79 Å². The van der Waals surface area contributed by atoms with Gasteiger partial charge in [-0.3, -0.25) is 4.57 Å². The molecule has 3 rings (SSSR count). The standard InChI is InChI=1S/C15H19N3O/c1-11-9-17-14(19)18(11)13-5-2-4-12(8-13)15(10-16)6-3-7-15/h2,4-5,8-9H,3,6-7,10,16H2,1H3,(H,17,19). The van der Waals surface area contributed by atoms with Crippen LogP contribution in [0.25, 0.3) is 5.69 Å². The predicted octanol–water partition coefficient (Wildman–Crippen LogP) is 1.85. The highest BCUT2D eigenvalue weighted by Crippen LogP contribution is 2.43. The summed E-state index contributed by atoms with van der Waals surface area (Å²) >= 11 is 0. The number of aryl methyl sites for hydroxylation is 1. The number of benzene rings is 1. The molecule has 1 aliphatic carbocycles. The van der Waals surface area contributed by atoms with E-state index in [2.05, 4.69) is 17.1 Å². The van der Waals surface area contributed by atoms with Crippen LogP contribution in [0, 0.1) is 6.92 Å². The molecule has 100 valence electrons. The number of nitrogens with zero attached hydrogens (tertiary/aromatic N) is 1. The summed E-state index contributed by atoms with van der Waals surface area (Å²) in [5, 5.41) is 0. The van der Waals surface area contributed by atoms with Gasteiger partial charge in [-0.25, -0.2) is 4.79 Å². The average Bonchev–Trinajstić information content (AvgIpc) is 2.69. The fraction of sp³-hybridized carbons (Fsp3) is 0.400. The number of H-pyrrole nitrogens is 1. The van der Waals surface area contributed by atoms with E-state index in [0.29, 0.717) is 6.54 Å². The van der Waals surface area contributed by atoms with Gasteiger partial charge < -0.3 is 10.7 Å². The van der Waals surface area contributed by atoms with Crippen LogP contribution in [0.15, 0.2) is 35.3 Å². The number of hydrogen-bond acceptors (Lipinski definition) is 2.